The zero-order valence-corrected chi connectivity index (χ0v) is 14.9. The fourth-order valence-electron chi connectivity index (χ4n) is 2.19. The van der Waals surface area contributed by atoms with Crippen LogP contribution in [0, 0.1) is 5.92 Å². The Balaban J connectivity index is 2.23. The highest BCUT2D eigenvalue weighted by Crippen LogP contribution is 2.19. The molecular formula is C15H21ClN6O2. The Morgan fingerprint density at radius 3 is 2.54 bits per heavy atom. The van der Waals surface area contributed by atoms with Gasteiger partial charge in [-0.1, -0.05) is 25.4 Å². The summed E-state index contributed by atoms with van der Waals surface area (Å²) in [7, 11) is 1.64. The lowest BCUT2D eigenvalue weighted by molar-refractivity contribution is 0.0940. The number of amides is 2. The third-order valence-electron chi connectivity index (χ3n) is 3.38. The third kappa shape index (κ3) is 3.76. The van der Waals surface area contributed by atoms with Gasteiger partial charge in [0.1, 0.15) is 11.4 Å². The fourth-order valence-corrected chi connectivity index (χ4v) is 2.42. The summed E-state index contributed by atoms with van der Waals surface area (Å²) in [5.41, 5.74) is 0.850. The van der Waals surface area contributed by atoms with Crippen LogP contribution in [-0.2, 0) is 13.6 Å². The molecule has 0 aliphatic heterocycles. The Kier molecular flexibility index (Phi) is 5.61. The van der Waals surface area contributed by atoms with Crippen LogP contribution in [0.3, 0.4) is 0 Å². The number of hydrogen-bond acceptors (Lipinski definition) is 4. The van der Waals surface area contributed by atoms with Gasteiger partial charge in [0.25, 0.3) is 11.8 Å². The van der Waals surface area contributed by atoms with E-state index in [0.29, 0.717) is 24.7 Å². The van der Waals surface area contributed by atoms with E-state index in [1.165, 1.54) is 21.8 Å². The SMILES string of the molecule is CCn1ncc(Cl)c1C(=O)Nc1cnn(C)c1C(=O)NCC(C)C. The molecule has 0 aliphatic carbocycles. The zero-order chi connectivity index (χ0) is 17.9. The van der Waals surface area contributed by atoms with Gasteiger partial charge in [0.05, 0.1) is 23.1 Å². The Morgan fingerprint density at radius 2 is 1.92 bits per heavy atom. The molecular weight excluding hydrogens is 332 g/mol. The smallest absolute Gasteiger partial charge is 0.275 e. The van der Waals surface area contributed by atoms with Gasteiger partial charge in [-0.05, 0) is 12.8 Å². The number of anilines is 1. The Hall–Kier alpha value is -2.35. The molecule has 0 spiro atoms. The van der Waals surface area contributed by atoms with E-state index in [9.17, 15) is 9.59 Å². The highest BCUT2D eigenvalue weighted by molar-refractivity contribution is 6.34. The van der Waals surface area contributed by atoms with Crippen molar-refractivity contribution in [2.75, 3.05) is 11.9 Å². The number of rotatable bonds is 6. The average Bonchev–Trinajstić information content (AvgIpc) is 3.07. The zero-order valence-electron chi connectivity index (χ0n) is 14.1. The van der Waals surface area contributed by atoms with Gasteiger partial charge in [-0.3, -0.25) is 19.0 Å². The monoisotopic (exact) mass is 352 g/mol. The van der Waals surface area contributed by atoms with Crippen LogP contribution < -0.4 is 10.6 Å². The Bertz CT molecular complexity index is 749. The van der Waals surface area contributed by atoms with Crippen molar-refractivity contribution in [3.05, 3.63) is 28.8 Å². The average molecular weight is 353 g/mol. The summed E-state index contributed by atoms with van der Waals surface area (Å²) in [6.07, 6.45) is 2.85. The first-order valence-corrected chi connectivity index (χ1v) is 8.05. The molecule has 2 rings (SSSR count). The summed E-state index contributed by atoms with van der Waals surface area (Å²) in [6.45, 7) is 6.89. The van der Waals surface area contributed by atoms with Crippen molar-refractivity contribution < 1.29 is 9.59 Å². The van der Waals surface area contributed by atoms with E-state index in [0.717, 1.165) is 0 Å². The molecule has 2 aromatic rings. The molecule has 0 aromatic carbocycles. The van der Waals surface area contributed by atoms with Gasteiger partial charge < -0.3 is 10.6 Å². The maximum absolute atomic E-state index is 12.5. The van der Waals surface area contributed by atoms with Crippen LogP contribution in [0.4, 0.5) is 5.69 Å². The van der Waals surface area contributed by atoms with Crippen molar-refractivity contribution in [2.24, 2.45) is 13.0 Å². The van der Waals surface area contributed by atoms with Gasteiger partial charge in [-0.15, -0.1) is 0 Å². The van der Waals surface area contributed by atoms with E-state index in [1.54, 1.807) is 7.05 Å². The molecule has 0 saturated heterocycles. The number of nitrogens with one attached hydrogen (secondary N) is 2. The second-order valence-electron chi connectivity index (χ2n) is 5.75. The lowest BCUT2D eigenvalue weighted by Crippen LogP contribution is -2.30. The molecule has 0 unspecified atom stereocenters. The molecule has 24 heavy (non-hydrogen) atoms. The summed E-state index contributed by atoms with van der Waals surface area (Å²) in [4.78, 5) is 24.8. The van der Waals surface area contributed by atoms with Crippen LogP contribution >= 0.6 is 11.6 Å². The first-order chi connectivity index (χ1) is 11.3. The summed E-state index contributed by atoms with van der Waals surface area (Å²) in [6, 6.07) is 0. The molecule has 0 bridgehead atoms. The van der Waals surface area contributed by atoms with Crippen LogP contribution in [0.25, 0.3) is 0 Å². The summed E-state index contributed by atoms with van der Waals surface area (Å²) >= 11 is 6.03. The van der Waals surface area contributed by atoms with Gasteiger partial charge in [0.2, 0.25) is 0 Å². The van der Waals surface area contributed by atoms with E-state index in [1.807, 2.05) is 20.8 Å². The van der Waals surface area contributed by atoms with Gasteiger partial charge >= 0.3 is 0 Å². The number of aryl methyl sites for hydroxylation is 2. The van der Waals surface area contributed by atoms with E-state index >= 15 is 0 Å². The number of hydrogen-bond donors (Lipinski definition) is 2. The lowest BCUT2D eigenvalue weighted by Gasteiger charge is -2.11. The lowest BCUT2D eigenvalue weighted by atomic mass is 10.2. The minimum absolute atomic E-state index is 0.247. The first-order valence-electron chi connectivity index (χ1n) is 7.68. The number of carbonyl (C=O) groups is 2. The van der Waals surface area contributed by atoms with Crippen molar-refractivity contribution in [1.29, 1.82) is 0 Å². The molecule has 2 N–H and O–H groups in total. The van der Waals surface area contributed by atoms with Crippen molar-refractivity contribution in [2.45, 2.75) is 27.3 Å². The molecule has 0 fully saturated rings. The van der Waals surface area contributed by atoms with Crippen LogP contribution in [0.5, 0.6) is 0 Å². The minimum Gasteiger partial charge on any atom is -0.350 e. The highest BCUT2D eigenvalue weighted by atomic mass is 35.5. The van der Waals surface area contributed by atoms with Gasteiger partial charge in [0.15, 0.2) is 0 Å². The normalized spacial score (nSPS) is 10.9. The van der Waals surface area contributed by atoms with Crippen molar-refractivity contribution in [3.8, 4) is 0 Å². The third-order valence-corrected chi connectivity index (χ3v) is 3.66. The highest BCUT2D eigenvalue weighted by Gasteiger charge is 2.22. The van der Waals surface area contributed by atoms with Gasteiger partial charge in [-0.2, -0.15) is 10.2 Å². The maximum atomic E-state index is 12.5. The fraction of sp³-hybridized carbons (Fsp3) is 0.467. The minimum atomic E-state index is -0.440. The van der Waals surface area contributed by atoms with Crippen LogP contribution in [-0.4, -0.2) is 37.9 Å². The standard InChI is InChI=1S/C15H21ClN6O2/c1-5-22-12(10(16)7-19-22)15(24)20-11-8-18-21(4)13(11)14(23)17-6-9(2)3/h7-9H,5-6H2,1-4H3,(H,17,23)(H,20,24). The molecule has 0 radical (unpaired) electrons. The quantitative estimate of drug-likeness (QED) is 0.830. The molecule has 8 nitrogen and oxygen atoms in total. The largest absolute Gasteiger partial charge is 0.350 e. The molecule has 2 heterocycles. The van der Waals surface area contributed by atoms with Gasteiger partial charge in [-0.25, -0.2) is 0 Å². The van der Waals surface area contributed by atoms with Gasteiger partial charge in [0, 0.05) is 20.1 Å². The summed E-state index contributed by atoms with van der Waals surface area (Å²) < 4.78 is 2.91. The number of carbonyl (C=O) groups excluding carboxylic acids is 2. The van der Waals surface area contributed by atoms with Crippen molar-refractivity contribution in [3.63, 3.8) is 0 Å². The second kappa shape index (κ2) is 7.48. The molecule has 0 aliphatic rings. The maximum Gasteiger partial charge on any atom is 0.275 e. The second-order valence-corrected chi connectivity index (χ2v) is 6.15. The van der Waals surface area contributed by atoms with E-state index in [-0.39, 0.29) is 22.3 Å². The van der Waals surface area contributed by atoms with Crippen LogP contribution in [0.1, 0.15) is 41.7 Å². The molecule has 0 atom stereocenters. The van der Waals surface area contributed by atoms with Crippen LogP contribution in [0.2, 0.25) is 5.02 Å². The Labute approximate surface area is 145 Å². The van der Waals surface area contributed by atoms with E-state index in [4.69, 9.17) is 11.6 Å². The predicted octanol–water partition coefficient (Wildman–Crippen LogP) is 1.93. The first kappa shape index (κ1) is 18.0. The summed E-state index contributed by atoms with van der Waals surface area (Å²) in [5.74, 6) is -0.419. The molecule has 2 aromatic heterocycles. The molecule has 9 heteroatoms. The Morgan fingerprint density at radius 1 is 1.21 bits per heavy atom. The number of halogens is 1. The molecule has 130 valence electrons. The number of nitrogens with zero attached hydrogens (tertiary/aromatic N) is 4. The molecule has 2 amide bonds. The summed E-state index contributed by atoms with van der Waals surface area (Å²) in [5, 5.41) is 13.8. The predicted molar refractivity (Wildman–Crippen MR) is 91.2 cm³/mol. The van der Waals surface area contributed by atoms with Crippen molar-refractivity contribution in [1.82, 2.24) is 24.9 Å². The van der Waals surface area contributed by atoms with Crippen molar-refractivity contribution >= 4 is 29.1 Å². The topological polar surface area (TPSA) is 93.8 Å². The van der Waals surface area contributed by atoms with E-state index in [2.05, 4.69) is 20.8 Å². The van der Waals surface area contributed by atoms with Crippen LogP contribution in [0.15, 0.2) is 12.4 Å². The number of aromatic nitrogens is 4. The molecule has 0 saturated carbocycles. The van der Waals surface area contributed by atoms with E-state index < -0.39 is 5.91 Å².